The van der Waals surface area contributed by atoms with Crippen LogP contribution in [0.3, 0.4) is 0 Å². The first-order valence-corrected chi connectivity index (χ1v) is 8.59. The zero-order valence-electron chi connectivity index (χ0n) is 12.4. The van der Waals surface area contributed by atoms with Crippen molar-refractivity contribution in [2.75, 3.05) is 5.75 Å². The molecule has 1 aromatic heterocycles. The van der Waals surface area contributed by atoms with Crippen molar-refractivity contribution in [3.8, 4) is 0 Å². The van der Waals surface area contributed by atoms with Crippen LogP contribution in [0.1, 0.15) is 44.1 Å². The van der Waals surface area contributed by atoms with E-state index >= 15 is 0 Å². The number of fused-ring (bicyclic) bond motifs is 3. The monoisotopic (exact) mass is 313 g/mol. The summed E-state index contributed by atoms with van der Waals surface area (Å²) in [5.41, 5.74) is 1.71. The third-order valence-electron chi connectivity index (χ3n) is 3.56. The number of hydrogen-bond acceptors (Lipinski definition) is 5. The fourth-order valence-corrected chi connectivity index (χ4v) is 4.13. The first-order valence-electron chi connectivity index (χ1n) is 6.98. The summed E-state index contributed by atoms with van der Waals surface area (Å²) in [7, 11) is -3.32. The molecule has 7 nitrogen and oxygen atoms in total. The largest absolute Gasteiger partial charge is 0.444 e. The number of amides is 1. The molecule has 3 rings (SSSR count). The second-order valence-corrected chi connectivity index (χ2v) is 8.39. The van der Waals surface area contributed by atoms with E-state index in [1.807, 2.05) is 20.8 Å². The summed E-state index contributed by atoms with van der Waals surface area (Å²) in [6.45, 7) is 6.12. The van der Waals surface area contributed by atoms with Crippen LogP contribution in [0.2, 0.25) is 0 Å². The van der Waals surface area contributed by atoms with E-state index in [-0.39, 0.29) is 5.75 Å². The molecule has 0 radical (unpaired) electrons. The molecule has 1 amide bonds. The fourth-order valence-electron chi connectivity index (χ4n) is 2.69. The Morgan fingerprint density at radius 2 is 2.00 bits per heavy atom. The Balaban J connectivity index is 1.84. The van der Waals surface area contributed by atoms with Gasteiger partial charge < -0.3 is 4.74 Å². The lowest BCUT2D eigenvalue weighted by atomic mass is 10.1. The van der Waals surface area contributed by atoms with Gasteiger partial charge in [0.25, 0.3) is 10.0 Å². The molecule has 0 aliphatic carbocycles. The number of aromatic nitrogens is 2. The molecular weight excluding hydrogens is 294 g/mol. The van der Waals surface area contributed by atoms with Crippen LogP contribution in [-0.2, 0) is 34.3 Å². The quantitative estimate of drug-likeness (QED) is 0.720. The van der Waals surface area contributed by atoms with Gasteiger partial charge in [0.05, 0.1) is 30.2 Å². The van der Waals surface area contributed by atoms with E-state index in [0.29, 0.717) is 31.6 Å². The van der Waals surface area contributed by atoms with E-state index in [4.69, 9.17) is 4.74 Å². The summed E-state index contributed by atoms with van der Waals surface area (Å²) < 4.78 is 30.5. The summed E-state index contributed by atoms with van der Waals surface area (Å²) in [5, 5.41) is 4.19. The molecule has 0 aromatic carbocycles. The molecule has 0 N–H and O–H groups in total. The molecule has 0 spiro atoms. The number of nitrogens with zero attached hydrogens (tertiary/aromatic N) is 3. The van der Waals surface area contributed by atoms with Crippen LogP contribution < -0.4 is 0 Å². The highest BCUT2D eigenvalue weighted by molar-refractivity contribution is 7.89. The van der Waals surface area contributed by atoms with Crippen LogP contribution in [0.5, 0.6) is 0 Å². The van der Waals surface area contributed by atoms with Crippen molar-refractivity contribution in [3.05, 3.63) is 17.0 Å². The van der Waals surface area contributed by atoms with E-state index in [1.54, 1.807) is 4.90 Å². The van der Waals surface area contributed by atoms with Gasteiger partial charge >= 0.3 is 6.09 Å². The van der Waals surface area contributed by atoms with E-state index < -0.39 is 21.7 Å². The van der Waals surface area contributed by atoms with Crippen LogP contribution in [0.15, 0.2) is 0 Å². The predicted octanol–water partition coefficient (Wildman–Crippen LogP) is 1.26. The Bertz CT molecular complexity index is 700. The van der Waals surface area contributed by atoms with E-state index in [2.05, 4.69) is 5.10 Å². The summed E-state index contributed by atoms with van der Waals surface area (Å²) >= 11 is 0. The minimum Gasteiger partial charge on any atom is -0.444 e. The molecule has 21 heavy (non-hydrogen) atoms. The summed E-state index contributed by atoms with van der Waals surface area (Å²) in [6.07, 6.45) is 0.898. The van der Waals surface area contributed by atoms with Gasteiger partial charge in [-0.3, -0.25) is 4.90 Å². The Kier molecular flexibility index (Phi) is 3.05. The molecule has 3 heterocycles. The maximum Gasteiger partial charge on any atom is 0.410 e. The molecule has 116 valence electrons. The number of ether oxygens (including phenoxy) is 1. The topological polar surface area (TPSA) is 81.5 Å². The Labute approximate surface area is 123 Å². The number of hydrogen-bond donors (Lipinski definition) is 0. The first-order chi connectivity index (χ1) is 9.67. The molecule has 0 saturated heterocycles. The van der Waals surface area contributed by atoms with Crippen molar-refractivity contribution >= 4 is 16.1 Å². The number of rotatable bonds is 0. The van der Waals surface area contributed by atoms with Gasteiger partial charge in [0, 0.05) is 5.56 Å². The van der Waals surface area contributed by atoms with E-state index in [9.17, 15) is 13.2 Å². The maximum atomic E-state index is 12.1. The average molecular weight is 313 g/mol. The van der Waals surface area contributed by atoms with Gasteiger partial charge in [0.2, 0.25) is 0 Å². The lowest BCUT2D eigenvalue weighted by molar-refractivity contribution is 0.0239. The number of carbonyl (C=O) groups excluding carboxylic acids is 1. The molecule has 2 aliphatic rings. The summed E-state index contributed by atoms with van der Waals surface area (Å²) in [5.74, 6) is 0.135. The first kappa shape index (κ1) is 14.4. The van der Waals surface area contributed by atoms with E-state index in [1.165, 1.54) is 0 Å². The van der Waals surface area contributed by atoms with Gasteiger partial charge in [0.15, 0.2) is 0 Å². The maximum absolute atomic E-state index is 12.1. The highest BCUT2D eigenvalue weighted by atomic mass is 32.2. The lowest BCUT2D eigenvalue weighted by Gasteiger charge is -2.24. The van der Waals surface area contributed by atoms with Crippen molar-refractivity contribution in [2.45, 2.75) is 52.3 Å². The lowest BCUT2D eigenvalue weighted by Crippen LogP contribution is -2.34. The third kappa shape index (κ3) is 2.52. The van der Waals surface area contributed by atoms with Crippen molar-refractivity contribution < 1.29 is 17.9 Å². The molecular formula is C13H19N3O4S. The van der Waals surface area contributed by atoms with Gasteiger partial charge in [-0.1, -0.05) is 0 Å². The smallest absolute Gasteiger partial charge is 0.410 e. The van der Waals surface area contributed by atoms with Gasteiger partial charge in [-0.25, -0.2) is 13.2 Å². The average Bonchev–Trinajstić information content (AvgIpc) is 2.85. The predicted molar refractivity (Wildman–Crippen MR) is 75.2 cm³/mol. The molecule has 8 heteroatoms. The van der Waals surface area contributed by atoms with Crippen LogP contribution in [0.25, 0.3) is 0 Å². The minimum absolute atomic E-state index is 0.135. The SMILES string of the molecule is CC(C)(C)OC(=O)N1Cc2nn3c(c2C1)CCCS3(=O)=O. The van der Waals surface area contributed by atoms with Crippen molar-refractivity contribution in [2.24, 2.45) is 0 Å². The van der Waals surface area contributed by atoms with Crippen LogP contribution in [-0.4, -0.2) is 40.0 Å². The molecule has 1 aromatic rings. The standard InChI is InChI=1S/C13H19N3O4S/c1-13(2,3)20-12(17)15-7-9-10(8-15)14-16-11(9)5-4-6-21(16,18)19/h4-8H2,1-3H3. The minimum atomic E-state index is -3.32. The molecule has 0 unspecified atom stereocenters. The van der Waals surface area contributed by atoms with Gasteiger partial charge in [0.1, 0.15) is 5.60 Å². The highest BCUT2D eigenvalue weighted by Crippen LogP contribution is 2.30. The fraction of sp³-hybridized carbons (Fsp3) is 0.692. The Hall–Kier alpha value is -1.57. The Morgan fingerprint density at radius 1 is 1.29 bits per heavy atom. The zero-order chi connectivity index (χ0) is 15.4. The van der Waals surface area contributed by atoms with Gasteiger partial charge in [-0.2, -0.15) is 9.19 Å². The molecule has 2 aliphatic heterocycles. The Morgan fingerprint density at radius 3 is 2.67 bits per heavy atom. The van der Waals surface area contributed by atoms with E-state index in [0.717, 1.165) is 15.3 Å². The second-order valence-electron chi connectivity index (χ2n) is 6.47. The normalized spacial score (nSPS) is 20.0. The van der Waals surface area contributed by atoms with Crippen LogP contribution >= 0.6 is 0 Å². The zero-order valence-corrected chi connectivity index (χ0v) is 13.2. The van der Waals surface area contributed by atoms with Gasteiger partial charge in [-0.05, 0) is 33.6 Å². The number of carbonyl (C=O) groups is 1. The van der Waals surface area contributed by atoms with Crippen LogP contribution in [0, 0.1) is 0 Å². The van der Waals surface area contributed by atoms with Crippen molar-refractivity contribution in [1.82, 2.24) is 14.1 Å². The summed E-state index contributed by atoms with van der Waals surface area (Å²) in [4.78, 5) is 13.6. The molecule has 0 atom stereocenters. The van der Waals surface area contributed by atoms with Crippen molar-refractivity contribution in [3.63, 3.8) is 0 Å². The highest BCUT2D eigenvalue weighted by Gasteiger charge is 2.36. The molecule has 0 fully saturated rings. The second kappa shape index (κ2) is 4.46. The van der Waals surface area contributed by atoms with Crippen molar-refractivity contribution in [1.29, 1.82) is 0 Å². The third-order valence-corrected chi connectivity index (χ3v) is 5.19. The molecule has 0 bridgehead atoms. The van der Waals surface area contributed by atoms with Gasteiger partial charge in [-0.15, -0.1) is 0 Å². The summed E-state index contributed by atoms with van der Waals surface area (Å²) in [6, 6.07) is 0. The molecule has 0 saturated carbocycles. The van der Waals surface area contributed by atoms with Crippen LogP contribution in [0.4, 0.5) is 4.79 Å².